The van der Waals surface area contributed by atoms with Gasteiger partial charge in [0.1, 0.15) is 5.60 Å². The molecule has 1 fully saturated rings. The summed E-state index contributed by atoms with van der Waals surface area (Å²) in [4.78, 5) is 13.2. The lowest BCUT2D eigenvalue weighted by Gasteiger charge is -2.24. The number of hydrogen-bond donors (Lipinski definition) is 0. The molecule has 0 bridgehead atoms. The molecule has 0 aromatic heterocycles. The Balaban J connectivity index is 2.68. The number of likely N-dealkylation sites (tertiary alicyclic amines) is 1. The van der Waals surface area contributed by atoms with Crippen molar-refractivity contribution in [2.75, 3.05) is 6.54 Å². The largest absolute Gasteiger partial charge is 0.443 e. The van der Waals surface area contributed by atoms with Crippen molar-refractivity contribution < 1.29 is 9.53 Å². The highest BCUT2D eigenvalue weighted by atomic mass is 16.6. The maximum atomic E-state index is 11.7. The Labute approximate surface area is 90.1 Å². The zero-order valence-corrected chi connectivity index (χ0v) is 9.41. The van der Waals surface area contributed by atoms with Crippen LogP contribution in [-0.2, 0) is 4.74 Å². The predicted octanol–water partition coefficient (Wildman–Crippen LogP) is 2.42. The van der Waals surface area contributed by atoms with Crippen LogP contribution < -0.4 is 0 Å². The fraction of sp³-hybridized carbons (Fsp3) is 0.636. The second-order valence-electron chi connectivity index (χ2n) is 4.50. The lowest BCUT2D eigenvalue weighted by atomic mass is 10.2. The van der Waals surface area contributed by atoms with Crippen molar-refractivity contribution in [3.63, 3.8) is 0 Å². The third-order valence-electron chi connectivity index (χ3n) is 2.01. The molecule has 0 spiro atoms. The smallest absolute Gasteiger partial charge is 0.414 e. The highest BCUT2D eigenvalue weighted by Crippen LogP contribution is 2.23. The number of nitriles is 1. The van der Waals surface area contributed by atoms with Gasteiger partial charge in [-0.2, -0.15) is 5.26 Å². The molecular weight excluding hydrogens is 192 g/mol. The van der Waals surface area contributed by atoms with E-state index < -0.39 is 5.60 Å². The average Bonchev–Trinajstić information content (AvgIpc) is 2.49. The minimum Gasteiger partial charge on any atom is -0.443 e. The van der Waals surface area contributed by atoms with Gasteiger partial charge in [0.25, 0.3) is 0 Å². The van der Waals surface area contributed by atoms with Gasteiger partial charge in [-0.25, -0.2) is 4.79 Å². The normalized spacial score (nSPS) is 19.1. The molecular formula is C11H16N2O2. The van der Waals surface area contributed by atoms with Crippen LogP contribution in [0.2, 0.25) is 0 Å². The summed E-state index contributed by atoms with van der Waals surface area (Å²) >= 11 is 0. The fourth-order valence-electron chi connectivity index (χ4n) is 1.45. The summed E-state index contributed by atoms with van der Waals surface area (Å²) in [6.45, 7) is 6.13. The molecule has 1 heterocycles. The monoisotopic (exact) mass is 208 g/mol. The van der Waals surface area contributed by atoms with Crippen molar-refractivity contribution in [2.45, 2.75) is 39.2 Å². The van der Waals surface area contributed by atoms with E-state index in [1.807, 2.05) is 26.8 Å². The van der Waals surface area contributed by atoms with E-state index in [1.165, 1.54) is 11.0 Å². The molecule has 0 aromatic carbocycles. The van der Waals surface area contributed by atoms with Gasteiger partial charge in [-0.1, -0.05) is 0 Å². The first-order chi connectivity index (χ1) is 6.94. The molecule has 0 saturated carbocycles. The Hall–Kier alpha value is -1.50. The van der Waals surface area contributed by atoms with Crippen molar-refractivity contribution in [2.24, 2.45) is 0 Å². The molecule has 0 aliphatic carbocycles. The van der Waals surface area contributed by atoms with Crippen molar-refractivity contribution in [3.8, 4) is 6.07 Å². The van der Waals surface area contributed by atoms with Crippen LogP contribution in [0.4, 0.5) is 4.79 Å². The lowest BCUT2D eigenvalue weighted by Crippen LogP contribution is -2.34. The summed E-state index contributed by atoms with van der Waals surface area (Å²) in [5.74, 6) is 0. The molecule has 4 heteroatoms. The third kappa shape index (κ3) is 3.28. The molecule has 1 amide bonds. The van der Waals surface area contributed by atoms with Gasteiger partial charge >= 0.3 is 6.09 Å². The number of carbonyl (C=O) groups is 1. The van der Waals surface area contributed by atoms with Gasteiger partial charge in [-0.05, 0) is 33.6 Å². The van der Waals surface area contributed by atoms with Crippen LogP contribution in [0, 0.1) is 11.3 Å². The highest BCUT2D eigenvalue weighted by Gasteiger charge is 2.27. The molecule has 4 nitrogen and oxygen atoms in total. The number of amides is 1. The van der Waals surface area contributed by atoms with Gasteiger partial charge in [-0.3, -0.25) is 4.90 Å². The van der Waals surface area contributed by atoms with Crippen molar-refractivity contribution in [1.29, 1.82) is 5.26 Å². The first-order valence-electron chi connectivity index (χ1n) is 5.03. The Kier molecular flexibility index (Phi) is 3.35. The topological polar surface area (TPSA) is 53.3 Å². The Morgan fingerprint density at radius 2 is 2.27 bits per heavy atom. The predicted molar refractivity (Wildman–Crippen MR) is 55.9 cm³/mol. The quantitative estimate of drug-likeness (QED) is 0.574. The zero-order valence-electron chi connectivity index (χ0n) is 9.41. The molecule has 0 N–H and O–H groups in total. The second-order valence-corrected chi connectivity index (χ2v) is 4.50. The van der Waals surface area contributed by atoms with E-state index in [-0.39, 0.29) is 6.09 Å². The second kappa shape index (κ2) is 4.35. The van der Waals surface area contributed by atoms with Crippen LogP contribution in [0.3, 0.4) is 0 Å². The van der Waals surface area contributed by atoms with Gasteiger partial charge in [0, 0.05) is 18.3 Å². The molecule has 1 aliphatic heterocycles. The summed E-state index contributed by atoms with van der Waals surface area (Å²) in [5, 5.41) is 8.55. The molecule has 0 radical (unpaired) electrons. The van der Waals surface area contributed by atoms with E-state index in [4.69, 9.17) is 10.00 Å². The Morgan fingerprint density at radius 1 is 1.60 bits per heavy atom. The molecule has 0 aromatic rings. The average molecular weight is 208 g/mol. The SMILES string of the molecule is CC(C)(C)OC(=O)N1CCC/C1=C\C#N. The molecule has 1 saturated heterocycles. The van der Waals surface area contributed by atoms with Gasteiger partial charge < -0.3 is 4.74 Å². The summed E-state index contributed by atoms with van der Waals surface area (Å²) in [6, 6.07) is 1.95. The van der Waals surface area contributed by atoms with Crippen LogP contribution in [0.5, 0.6) is 0 Å². The minimum absolute atomic E-state index is 0.360. The maximum absolute atomic E-state index is 11.7. The van der Waals surface area contributed by atoms with Crippen LogP contribution in [0.1, 0.15) is 33.6 Å². The molecule has 1 rings (SSSR count). The molecule has 0 atom stereocenters. The summed E-state index contributed by atoms with van der Waals surface area (Å²) < 4.78 is 5.23. The van der Waals surface area contributed by atoms with E-state index in [0.29, 0.717) is 6.54 Å². The van der Waals surface area contributed by atoms with Gasteiger partial charge in [0.15, 0.2) is 0 Å². The standard InChI is InChI=1S/C11H16N2O2/c1-11(2,3)15-10(14)13-8-4-5-9(13)6-7-12/h6H,4-5,8H2,1-3H3/b9-6+. The van der Waals surface area contributed by atoms with Crippen LogP contribution in [0.15, 0.2) is 11.8 Å². The number of allylic oxidation sites excluding steroid dienone is 2. The molecule has 0 unspecified atom stereocenters. The van der Waals surface area contributed by atoms with Gasteiger partial charge in [0.05, 0.1) is 6.07 Å². The number of nitrogens with zero attached hydrogens (tertiary/aromatic N) is 2. The van der Waals surface area contributed by atoms with E-state index in [9.17, 15) is 4.79 Å². The van der Waals surface area contributed by atoms with E-state index >= 15 is 0 Å². The summed E-state index contributed by atoms with van der Waals surface area (Å²) in [5.41, 5.74) is 0.268. The first-order valence-corrected chi connectivity index (χ1v) is 5.03. The highest BCUT2D eigenvalue weighted by molar-refractivity contribution is 5.71. The number of carbonyl (C=O) groups excluding carboxylic acids is 1. The van der Waals surface area contributed by atoms with E-state index in [1.54, 1.807) is 0 Å². The number of hydrogen-bond acceptors (Lipinski definition) is 3. The Bertz CT molecular complexity index is 320. The van der Waals surface area contributed by atoms with Crippen molar-refractivity contribution in [1.82, 2.24) is 4.90 Å². The molecule has 82 valence electrons. The summed E-state index contributed by atoms with van der Waals surface area (Å²) in [6.07, 6.45) is 2.72. The van der Waals surface area contributed by atoms with Gasteiger partial charge in [-0.15, -0.1) is 0 Å². The van der Waals surface area contributed by atoms with Crippen molar-refractivity contribution >= 4 is 6.09 Å². The number of ether oxygens (including phenoxy) is 1. The third-order valence-corrected chi connectivity index (χ3v) is 2.01. The van der Waals surface area contributed by atoms with E-state index in [2.05, 4.69) is 0 Å². The Morgan fingerprint density at radius 3 is 2.80 bits per heavy atom. The van der Waals surface area contributed by atoms with Crippen LogP contribution in [0.25, 0.3) is 0 Å². The fourth-order valence-corrected chi connectivity index (χ4v) is 1.45. The first kappa shape index (κ1) is 11.6. The molecule has 1 aliphatic rings. The van der Waals surface area contributed by atoms with Gasteiger partial charge in [0.2, 0.25) is 0 Å². The summed E-state index contributed by atoms with van der Waals surface area (Å²) in [7, 11) is 0. The maximum Gasteiger partial charge on any atom is 0.414 e. The zero-order chi connectivity index (χ0) is 11.5. The molecule has 15 heavy (non-hydrogen) atoms. The number of rotatable bonds is 0. The lowest BCUT2D eigenvalue weighted by molar-refractivity contribution is 0.0339. The minimum atomic E-state index is -0.489. The van der Waals surface area contributed by atoms with Crippen LogP contribution in [-0.4, -0.2) is 23.1 Å². The van der Waals surface area contributed by atoms with Crippen LogP contribution >= 0.6 is 0 Å². The van der Waals surface area contributed by atoms with Crippen molar-refractivity contribution in [3.05, 3.63) is 11.8 Å². The van der Waals surface area contributed by atoms with E-state index in [0.717, 1.165) is 18.5 Å².